The first-order valence-corrected chi connectivity index (χ1v) is 11.6. The number of H-pyrrole nitrogens is 1. The predicted octanol–water partition coefficient (Wildman–Crippen LogP) is 4.62. The summed E-state index contributed by atoms with van der Waals surface area (Å²) in [5.41, 5.74) is 6.65. The fourth-order valence-electron chi connectivity index (χ4n) is 4.73. The number of hydrogen-bond donors (Lipinski definition) is 3. The summed E-state index contributed by atoms with van der Waals surface area (Å²) in [5, 5.41) is 12.4. The van der Waals surface area contributed by atoms with Crippen LogP contribution in [0.4, 0.5) is 5.82 Å². The highest BCUT2D eigenvalue weighted by Gasteiger charge is 2.20. The Morgan fingerprint density at radius 1 is 1.00 bits per heavy atom. The number of aromatic nitrogens is 1. The van der Waals surface area contributed by atoms with Crippen molar-refractivity contribution >= 4 is 23.3 Å². The van der Waals surface area contributed by atoms with Gasteiger partial charge in [-0.3, -0.25) is 5.41 Å². The molecule has 0 radical (unpaired) electrons. The Morgan fingerprint density at radius 3 is 2.76 bits per heavy atom. The number of nitrogens with one attached hydrogen (secondary N) is 3. The number of ether oxygens (including phenoxy) is 1. The number of nitrogens with zero attached hydrogens (tertiary/aromatic N) is 2. The standard InChI is InChI=1S/C27H31N5O/c1-31-11-6-12-32(14-13-31)26(28)20-8-5-7-19(15-20)21-16-23-24(18-30-27(23)29-17-21)22-9-3-4-10-25(22)33-2/h3-5,7-10,15-16,18,28-30H,6,11-14,17H2,1-2H3. The lowest BCUT2D eigenvalue weighted by atomic mass is 9.95. The van der Waals surface area contributed by atoms with Crippen molar-refractivity contribution in [1.82, 2.24) is 14.8 Å². The van der Waals surface area contributed by atoms with Gasteiger partial charge in [-0.05, 0) is 49.4 Å². The zero-order chi connectivity index (χ0) is 22.8. The Balaban J connectivity index is 1.45. The summed E-state index contributed by atoms with van der Waals surface area (Å²) in [7, 11) is 3.87. The first-order chi connectivity index (χ1) is 16.1. The van der Waals surface area contributed by atoms with Crippen LogP contribution < -0.4 is 10.1 Å². The number of rotatable bonds is 4. The van der Waals surface area contributed by atoms with Gasteiger partial charge in [0.05, 0.1) is 7.11 Å². The molecule has 3 heterocycles. The van der Waals surface area contributed by atoms with Gasteiger partial charge in [0.1, 0.15) is 17.4 Å². The molecular weight excluding hydrogens is 410 g/mol. The Bertz CT molecular complexity index is 1190. The molecule has 1 fully saturated rings. The number of hydrogen-bond acceptors (Lipinski definition) is 4. The van der Waals surface area contributed by atoms with E-state index in [0.717, 1.165) is 78.5 Å². The van der Waals surface area contributed by atoms with Gasteiger partial charge in [0.15, 0.2) is 0 Å². The minimum Gasteiger partial charge on any atom is -0.496 e. The van der Waals surface area contributed by atoms with Gasteiger partial charge in [-0.1, -0.05) is 36.4 Å². The SMILES string of the molecule is COc1ccccc1-c1c[nH]c2c1C=C(c1cccc(C(=N)N3CCCN(C)CC3)c1)CN2. The minimum absolute atomic E-state index is 0.619. The van der Waals surface area contributed by atoms with Crippen molar-refractivity contribution in [1.29, 1.82) is 5.41 Å². The first kappa shape index (κ1) is 21.3. The Hall–Kier alpha value is -3.51. The van der Waals surface area contributed by atoms with E-state index in [4.69, 9.17) is 10.1 Å². The number of fused-ring (bicyclic) bond motifs is 1. The third kappa shape index (κ3) is 4.26. The van der Waals surface area contributed by atoms with Crippen molar-refractivity contribution in [2.75, 3.05) is 52.2 Å². The molecule has 2 aliphatic rings. The molecule has 0 unspecified atom stereocenters. The van der Waals surface area contributed by atoms with Gasteiger partial charge >= 0.3 is 0 Å². The smallest absolute Gasteiger partial charge is 0.128 e. The minimum atomic E-state index is 0.619. The first-order valence-electron chi connectivity index (χ1n) is 11.6. The molecule has 33 heavy (non-hydrogen) atoms. The topological polar surface area (TPSA) is 67.4 Å². The molecule has 170 valence electrons. The van der Waals surface area contributed by atoms with Crippen LogP contribution in [0.3, 0.4) is 0 Å². The molecule has 0 atom stereocenters. The number of methoxy groups -OCH3 is 1. The summed E-state index contributed by atoms with van der Waals surface area (Å²) in [4.78, 5) is 7.93. The zero-order valence-electron chi connectivity index (χ0n) is 19.3. The second-order valence-electron chi connectivity index (χ2n) is 8.79. The molecule has 6 heteroatoms. The van der Waals surface area contributed by atoms with Crippen LogP contribution >= 0.6 is 0 Å². The molecule has 3 aromatic rings. The maximum Gasteiger partial charge on any atom is 0.128 e. The molecule has 1 aromatic heterocycles. The van der Waals surface area contributed by atoms with Gasteiger partial charge in [-0.15, -0.1) is 0 Å². The van der Waals surface area contributed by atoms with Crippen LogP contribution in [0.15, 0.2) is 54.7 Å². The quantitative estimate of drug-likeness (QED) is 0.408. The zero-order valence-corrected chi connectivity index (χ0v) is 19.3. The molecule has 0 bridgehead atoms. The molecule has 3 N–H and O–H groups in total. The van der Waals surface area contributed by atoms with Crippen molar-refractivity contribution < 1.29 is 4.74 Å². The van der Waals surface area contributed by atoms with E-state index in [1.165, 1.54) is 5.57 Å². The molecular formula is C27H31N5O. The fourth-order valence-corrected chi connectivity index (χ4v) is 4.73. The van der Waals surface area contributed by atoms with Crippen LogP contribution in [0.1, 0.15) is 23.1 Å². The van der Waals surface area contributed by atoms with Crippen LogP contribution in [0.2, 0.25) is 0 Å². The van der Waals surface area contributed by atoms with E-state index < -0.39 is 0 Å². The molecule has 1 saturated heterocycles. The van der Waals surface area contributed by atoms with E-state index in [1.807, 2.05) is 24.4 Å². The summed E-state index contributed by atoms with van der Waals surface area (Å²) in [5.74, 6) is 2.50. The average Bonchev–Trinajstić information content (AvgIpc) is 3.16. The molecule has 0 amide bonds. The number of anilines is 1. The monoisotopic (exact) mass is 441 g/mol. The molecule has 2 aromatic carbocycles. The van der Waals surface area contributed by atoms with Crippen molar-refractivity contribution in [3.8, 4) is 16.9 Å². The number of likely N-dealkylation sites (N-methyl/N-ethyl adjacent to an activating group) is 1. The van der Waals surface area contributed by atoms with E-state index in [0.29, 0.717) is 5.84 Å². The molecule has 0 spiro atoms. The lowest BCUT2D eigenvalue weighted by Crippen LogP contribution is -2.34. The van der Waals surface area contributed by atoms with E-state index in [-0.39, 0.29) is 0 Å². The average molecular weight is 442 g/mol. The second-order valence-corrected chi connectivity index (χ2v) is 8.79. The third-order valence-electron chi connectivity index (χ3n) is 6.63. The predicted molar refractivity (Wildman–Crippen MR) is 136 cm³/mol. The van der Waals surface area contributed by atoms with Crippen LogP contribution in [0, 0.1) is 5.41 Å². The molecule has 5 rings (SSSR count). The maximum atomic E-state index is 8.83. The Labute approximate surface area is 195 Å². The molecule has 0 saturated carbocycles. The lowest BCUT2D eigenvalue weighted by molar-refractivity contribution is 0.346. The summed E-state index contributed by atoms with van der Waals surface area (Å²) in [6.07, 6.45) is 5.39. The molecule has 6 nitrogen and oxygen atoms in total. The largest absolute Gasteiger partial charge is 0.496 e. The Kier molecular flexibility index (Phi) is 5.92. The number of aromatic amines is 1. The van der Waals surface area contributed by atoms with Crippen LogP contribution in [-0.2, 0) is 0 Å². The van der Waals surface area contributed by atoms with Gasteiger partial charge in [-0.25, -0.2) is 0 Å². The molecule has 0 aliphatic carbocycles. The highest BCUT2D eigenvalue weighted by atomic mass is 16.5. The van der Waals surface area contributed by atoms with E-state index >= 15 is 0 Å². The van der Waals surface area contributed by atoms with Crippen molar-refractivity contribution in [3.63, 3.8) is 0 Å². The maximum absolute atomic E-state index is 8.83. The van der Waals surface area contributed by atoms with Gasteiger partial charge in [0.25, 0.3) is 0 Å². The third-order valence-corrected chi connectivity index (χ3v) is 6.63. The fraction of sp³-hybridized carbons (Fsp3) is 0.296. The highest BCUT2D eigenvalue weighted by molar-refractivity contribution is 6.00. The summed E-state index contributed by atoms with van der Waals surface area (Å²) >= 11 is 0. The van der Waals surface area contributed by atoms with Crippen LogP contribution in [-0.4, -0.2) is 67.5 Å². The number of benzene rings is 2. The van der Waals surface area contributed by atoms with Crippen LogP contribution in [0.25, 0.3) is 22.8 Å². The van der Waals surface area contributed by atoms with Crippen molar-refractivity contribution in [2.45, 2.75) is 6.42 Å². The van der Waals surface area contributed by atoms with E-state index in [1.54, 1.807) is 7.11 Å². The summed E-state index contributed by atoms with van der Waals surface area (Å²) < 4.78 is 5.60. The van der Waals surface area contributed by atoms with Gasteiger partial charge in [-0.2, -0.15) is 0 Å². The summed E-state index contributed by atoms with van der Waals surface area (Å²) in [6, 6.07) is 16.5. The Morgan fingerprint density at radius 2 is 1.88 bits per heavy atom. The number of para-hydroxylation sites is 1. The molecule has 2 aliphatic heterocycles. The van der Waals surface area contributed by atoms with Gasteiger partial charge in [0, 0.05) is 54.6 Å². The lowest BCUT2D eigenvalue weighted by Gasteiger charge is -2.24. The second kappa shape index (κ2) is 9.16. The van der Waals surface area contributed by atoms with Crippen molar-refractivity contribution in [3.05, 3.63) is 71.4 Å². The van der Waals surface area contributed by atoms with Gasteiger partial charge < -0.3 is 24.8 Å². The van der Waals surface area contributed by atoms with Crippen LogP contribution in [0.5, 0.6) is 5.75 Å². The normalized spacial score (nSPS) is 16.4. The number of amidine groups is 1. The van der Waals surface area contributed by atoms with E-state index in [2.05, 4.69) is 63.6 Å². The summed E-state index contributed by atoms with van der Waals surface area (Å²) in [6.45, 7) is 4.67. The van der Waals surface area contributed by atoms with Gasteiger partial charge in [0.2, 0.25) is 0 Å². The highest BCUT2D eigenvalue weighted by Crippen LogP contribution is 2.39. The van der Waals surface area contributed by atoms with E-state index in [9.17, 15) is 0 Å². The van der Waals surface area contributed by atoms with Crippen molar-refractivity contribution in [2.24, 2.45) is 0 Å².